The molecule has 0 radical (unpaired) electrons. The van der Waals surface area contributed by atoms with Crippen molar-refractivity contribution in [3.63, 3.8) is 0 Å². The van der Waals surface area contributed by atoms with E-state index in [0.717, 1.165) is 29.4 Å². The SMILES string of the molecule is CN(CCN(C)C1CCC(OC(=O)C(O)(c2cccs2)c2cccs2)CC1)C(=O)COc1ccc(CNC[C@@H](O[Si](C)(C)C(C)(C)C)c2ccc(O)c3[nH]c(=O)ccc23)cc1. The second kappa shape index (κ2) is 19.8. The molecule has 3 heterocycles. The van der Waals surface area contributed by atoms with Gasteiger partial charge >= 0.3 is 5.97 Å². The van der Waals surface area contributed by atoms with Crippen LogP contribution in [0.25, 0.3) is 10.9 Å². The second-order valence-corrected chi connectivity index (χ2v) is 24.2. The number of phenols is 1. The number of aliphatic hydroxyl groups is 1. The minimum Gasteiger partial charge on any atom is -0.506 e. The standard InChI is InChI=1S/C46H60N4O8S2Si/c1-45(2,3)61(6,7)58-38(35-20-22-37(51)43-36(35)21-23-41(52)48-43)29-47-28-31-12-16-33(17-13-31)56-30-42(53)50(5)25-24-49(4)32-14-18-34(19-15-32)57-44(54)46(55,39-10-8-26-59-39)40-11-9-27-60-40/h8-13,16-17,20-23,26-27,32,34,38,47,51,55H,14-15,18-19,24-25,28-30H2,1-7H3,(H,48,52)/t32?,34?,38-/m1/s1. The van der Waals surface area contributed by atoms with E-state index in [1.54, 1.807) is 36.2 Å². The maximum Gasteiger partial charge on any atom is 0.349 e. The summed E-state index contributed by atoms with van der Waals surface area (Å²) in [6, 6.07) is 21.8. The van der Waals surface area contributed by atoms with Crippen LogP contribution in [0, 0.1) is 0 Å². The lowest BCUT2D eigenvalue weighted by Crippen LogP contribution is -2.44. The summed E-state index contributed by atoms with van der Waals surface area (Å²) in [5.74, 6) is -0.118. The number of aromatic amines is 1. The third kappa shape index (κ3) is 11.2. The third-order valence-corrected chi connectivity index (χ3v) is 18.7. The zero-order valence-corrected chi connectivity index (χ0v) is 38.9. The molecule has 0 bridgehead atoms. The number of carbonyl (C=O) groups excluding carboxylic acids is 2. The van der Waals surface area contributed by atoms with Crippen molar-refractivity contribution < 1.29 is 33.7 Å². The Morgan fingerprint density at radius 2 is 1.57 bits per heavy atom. The van der Waals surface area contributed by atoms with Gasteiger partial charge < -0.3 is 44.2 Å². The summed E-state index contributed by atoms with van der Waals surface area (Å²) >= 11 is 2.67. The van der Waals surface area contributed by atoms with Crippen LogP contribution >= 0.6 is 22.7 Å². The number of aromatic nitrogens is 1. The molecule has 0 unspecified atom stereocenters. The molecule has 61 heavy (non-hydrogen) atoms. The number of amides is 1. The predicted molar refractivity (Wildman–Crippen MR) is 245 cm³/mol. The number of carbonyl (C=O) groups is 2. The molecule has 1 atom stereocenters. The van der Waals surface area contributed by atoms with E-state index >= 15 is 0 Å². The van der Waals surface area contributed by atoms with E-state index in [1.807, 2.05) is 53.2 Å². The summed E-state index contributed by atoms with van der Waals surface area (Å²) in [6.07, 6.45) is 2.52. The molecular formula is C46H60N4O8S2Si. The van der Waals surface area contributed by atoms with Crippen LogP contribution in [0.3, 0.4) is 0 Å². The number of pyridine rings is 1. The van der Waals surface area contributed by atoms with E-state index in [9.17, 15) is 24.6 Å². The molecule has 1 amide bonds. The number of likely N-dealkylation sites (N-methyl/N-ethyl adjacent to an activating group) is 2. The Hall–Kier alpha value is -4.35. The summed E-state index contributed by atoms with van der Waals surface area (Å²) < 4.78 is 18.7. The maximum atomic E-state index is 13.4. The number of hydrogen-bond acceptors (Lipinski definition) is 12. The fourth-order valence-corrected chi connectivity index (χ4v) is 10.3. The van der Waals surface area contributed by atoms with Crippen molar-refractivity contribution in [2.24, 2.45) is 0 Å². The molecule has 0 saturated heterocycles. The Morgan fingerprint density at radius 1 is 0.918 bits per heavy atom. The summed E-state index contributed by atoms with van der Waals surface area (Å²) in [5.41, 5.74) is 0.244. The molecule has 15 heteroatoms. The van der Waals surface area contributed by atoms with Gasteiger partial charge in [0.2, 0.25) is 11.2 Å². The number of ether oxygens (including phenoxy) is 2. The van der Waals surface area contributed by atoms with Crippen molar-refractivity contribution in [2.75, 3.05) is 40.3 Å². The number of aromatic hydroxyl groups is 1. The molecule has 2 aromatic carbocycles. The van der Waals surface area contributed by atoms with Crippen LogP contribution in [0.4, 0.5) is 0 Å². The number of nitrogens with zero attached hydrogens (tertiary/aromatic N) is 2. The molecule has 0 aliphatic heterocycles. The van der Waals surface area contributed by atoms with Gasteiger partial charge in [-0.2, -0.15) is 0 Å². The van der Waals surface area contributed by atoms with E-state index in [2.05, 4.69) is 56.1 Å². The van der Waals surface area contributed by atoms with E-state index in [-0.39, 0.29) is 41.1 Å². The van der Waals surface area contributed by atoms with Crippen molar-refractivity contribution >= 4 is 53.8 Å². The molecule has 1 aliphatic carbocycles. The van der Waals surface area contributed by atoms with Crippen molar-refractivity contribution in [3.05, 3.63) is 115 Å². The molecule has 328 valence electrons. The first-order valence-corrected chi connectivity index (χ1v) is 25.5. The number of thiophene rings is 2. The summed E-state index contributed by atoms with van der Waals surface area (Å²) in [6.45, 7) is 13.3. The normalized spacial score (nSPS) is 16.7. The number of H-pyrrole nitrogens is 1. The minimum absolute atomic E-state index is 0.0166. The second-order valence-electron chi connectivity index (χ2n) is 17.5. The van der Waals surface area contributed by atoms with Gasteiger partial charge in [-0.3, -0.25) is 9.59 Å². The van der Waals surface area contributed by atoms with Crippen molar-refractivity contribution in [2.45, 2.75) is 95.0 Å². The average molecular weight is 889 g/mol. The highest BCUT2D eigenvalue weighted by molar-refractivity contribution is 7.12. The van der Waals surface area contributed by atoms with E-state index in [4.69, 9.17) is 13.9 Å². The molecule has 6 rings (SSSR count). The predicted octanol–water partition coefficient (Wildman–Crippen LogP) is 7.77. The van der Waals surface area contributed by atoms with Gasteiger partial charge in [0, 0.05) is 50.7 Å². The first-order valence-electron chi connectivity index (χ1n) is 20.9. The van der Waals surface area contributed by atoms with Crippen LogP contribution in [0.1, 0.15) is 73.4 Å². The zero-order valence-electron chi connectivity index (χ0n) is 36.2. The molecule has 5 aromatic rings. The number of esters is 1. The van der Waals surface area contributed by atoms with E-state index in [1.165, 1.54) is 28.7 Å². The Morgan fingerprint density at radius 3 is 2.18 bits per heavy atom. The lowest BCUT2D eigenvalue weighted by Gasteiger charge is -2.39. The van der Waals surface area contributed by atoms with Gasteiger partial charge in [0.25, 0.3) is 5.91 Å². The maximum absolute atomic E-state index is 13.4. The molecular weight excluding hydrogens is 829 g/mol. The molecule has 3 aromatic heterocycles. The van der Waals surface area contributed by atoms with Crippen LogP contribution in [0.2, 0.25) is 18.1 Å². The Balaban J connectivity index is 0.937. The Labute approximate surface area is 367 Å². The van der Waals surface area contributed by atoms with Crippen LogP contribution in [-0.2, 0) is 30.9 Å². The van der Waals surface area contributed by atoms with Gasteiger partial charge in [0.1, 0.15) is 17.6 Å². The molecule has 4 N–H and O–H groups in total. The number of benzene rings is 2. The van der Waals surface area contributed by atoms with Gasteiger partial charge in [-0.15, -0.1) is 22.7 Å². The highest BCUT2D eigenvalue weighted by Gasteiger charge is 2.45. The number of rotatable bonds is 18. The Kier molecular flexibility index (Phi) is 15.0. The first-order chi connectivity index (χ1) is 29.0. The molecule has 1 aliphatic rings. The smallest absolute Gasteiger partial charge is 0.349 e. The molecule has 1 fully saturated rings. The quantitative estimate of drug-likeness (QED) is 0.0507. The summed E-state index contributed by atoms with van der Waals surface area (Å²) in [5, 5.41) is 30.1. The van der Waals surface area contributed by atoms with Crippen molar-refractivity contribution in [1.29, 1.82) is 0 Å². The van der Waals surface area contributed by atoms with E-state index < -0.39 is 19.9 Å². The van der Waals surface area contributed by atoms with Gasteiger partial charge in [-0.05, 0) is 109 Å². The summed E-state index contributed by atoms with van der Waals surface area (Å²) in [7, 11) is 1.64. The third-order valence-electron chi connectivity index (χ3n) is 12.2. The lowest BCUT2D eigenvalue weighted by molar-refractivity contribution is -0.169. The number of hydrogen-bond donors (Lipinski definition) is 4. The number of nitrogens with one attached hydrogen (secondary N) is 2. The fraction of sp³-hybridized carbons (Fsp3) is 0.457. The number of phenolic OH excluding ortho intramolecular Hbond substituents is 1. The van der Waals surface area contributed by atoms with E-state index in [0.29, 0.717) is 66.1 Å². The topological polar surface area (TPSA) is 154 Å². The average Bonchev–Trinajstić information content (AvgIpc) is 3.99. The van der Waals surface area contributed by atoms with Gasteiger partial charge in [-0.25, -0.2) is 4.79 Å². The van der Waals surface area contributed by atoms with Crippen LogP contribution < -0.4 is 15.6 Å². The van der Waals surface area contributed by atoms with Crippen LogP contribution in [0.15, 0.2) is 88.4 Å². The minimum atomic E-state index is -2.21. The van der Waals surface area contributed by atoms with Gasteiger partial charge in [-0.1, -0.05) is 51.1 Å². The fourth-order valence-electron chi connectivity index (χ4n) is 7.34. The van der Waals surface area contributed by atoms with Gasteiger partial charge in [0.05, 0.1) is 21.4 Å². The van der Waals surface area contributed by atoms with Gasteiger partial charge in [0.15, 0.2) is 14.9 Å². The summed E-state index contributed by atoms with van der Waals surface area (Å²) in [4.78, 5) is 46.4. The monoisotopic (exact) mass is 888 g/mol. The number of fused-ring (bicyclic) bond motifs is 1. The largest absolute Gasteiger partial charge is 0.506 e. The highest BCUT2D eigenvalue weighted by atomic mass is 32.1. The highest BCUT2D eigenvalue weighted by Crippen LogP contribution is 2.42. The zero-order chi connectivity index (χ0) is 44.0. The van der Waals surface area contributed by atoms with Crippen molar-refractivity contribution in [3.8, 4) is 11.5 Å². The van der Waals surface area contributed by atoms with Crippen LogP contribution in [-0.4, -0.2) is 97.7 Å². The lowest BCUT2D eigenvalue weighted by atomic mass is 9.91. The first kappa shape index (κ1) is 46.2. The van der Waals surface area contributed by atoms with Crippen molar-refractivity contribution in [1.82, 2.24) is 20.1 Å². The Bertz CT molecular complexity index is 2230. The molecule has 1 saturated carbocycles. The molecule has 12 nitrogen and oxygen atoms in total. The van der Waals surface area contributed by atoms with Crippen LogP contribution in [0.5, 0.6) is 11.5 Å². The molecule has 0 spiro atoms.